The van der Waals surface area contributed by atoms with Gasteiger partial charge in [0.15, 0.2) is 0 Å². The van der Waals surface area contributed by atoms with Gasteiger partial charge in [-0.15, -0.1) is 12.4 Å². The van der Waals surface area contributed by atoms with Crippen LogP contribution < -0.4 is 5.32 Å². The van der Waals surface area contributed by atoms with E-state index in [1.54, 1.807) is 0 Å². The number of phenolic OH excluding ortho intramolecular Hbond substituents is 1. The molecule has 1 heterocycles. The molecule has 14 heavy (non-hydrogen) atoms. The van der Waals surface area contributed by atoms with Crippen LogP contribution in [-0.4, -0.2) is 18.2 Å². The molecular weight excluding hydrogens is 198 g/mol. The minimum absolute atomic E-state index is 0. The second-order valence-corrected chi connectivity index (χ2v) is 3.74. The molecule has 1 aliphatic heterocycles. The van der Waals surface area contributed by atoms with E-state index in [4.69, 9.17) is 0 Å². The third-order valence-corrected chi connectivity index (χ3v) is 2.76. The van der Waals surface area contributed by atoms with Gasteiger partial charge in [0.05, 0.1) is 0 Å². The standard InChI is InChI=1S/C11H15NO.ClH/c1-8-2-3-9(6-11(8)13)10-4-5-12-7-10;/h2-3,6,10,12-13H,4-5,7H2,1H3;1H. The van der Waals surface area contributed by atoms with Crippen molar-refractivity contribution in [1.29, 1.82) is 0 Å². The maximum atomic E-state index is 9.54. The van der Waals surface area contributed by atoms with E-state index >= 15 is 0 Å². The van der Waals surface area contributed by atoms with Gasteiger partial charge in [0.2, 0.25) is 0 Å². The van der Waals surface area contributed by atoms with Gasteiger partial charge in [-0.1, -0.05) is 12.1 Å². The van der Waals surface area contributed by atoms with Crippen LogP contribution in [-0.2, 0) is 0 Å². The summed E-state index contributed by atoms with van der Waals surface area (Å²) < 4.78 is 0. The number of aryl methyl sites for hydroxylation is 1. The topological polar surface area (TPSA) is 32.3 Å². The molecule has 1 aromatic rings. The van der Waals surface area contributed by atoms with Crippen molar-refractivity contribution in [2.24, 2.45) is 0 Å². The number of benzene rings is 1. The van der Waals surface area contributed by atoms with Gasteiger partial charge < -0.3 is 10.4 Å². The summed E-state index contributed by atoms with van der Waals surface area (Å²) in [5.41, 5.74) is 2.21. The first kappa shape index (κ1) is 11.3. The van der Waals surface area contributed by atoms with Gasteiger partial charge in [-0.25, -0.2) is 0 Å². The predicted octanol–water partition coefficient (Wildman–Crippen LogP) is 2.20. The Kier molecular flexibility index (Phi) is 3.78. The van der Waals surface area contributed by atoms with Crippen LogP contribution in [0.4, 0.5) is 0 Å². The van der Waals surface area contributed by atoms with Crippen LogP contribution in [0.25, 0.3) is 0 Å². The highest BCUT2D eigenvalue weighted by Crippen LogP contribution is 2.26. The third kappa shape index (κ3) is 2.20. The van der Waals surface area contributed by atoms with Gasteiger partial charge in [-0.2, -0.15) is 0 Å². The lowest BCUT2D eigenvalue weighted by atomic mass is 9.97. The molecule has 2 N–H and O–H groups in total. The number of rotatable bonds is 1. The van der Waals surface area contributed by atoms with Crippen LogP contribution >= 0.6 is 12.4 Å². The zero-order valence-corrected chi connectivity index (χ0v) is 9.10. The summed E-state index contributed by atoms with van der Waals surface area (Å²) in [5.74, 6) is 1.01. The smallest absolute Gasteiger partial charge is 0.118 e. The van der Waals surface area contributed by atoms with Crippen molar-refractivity contribution in [2.75, 3.05) is 13.1 Å². The second kappa shape index (κ2) is 4.67. The zero-order chi connectivity index (χ0) is 9.26. The van der Waals surface area contributed by atoms with Crippen molar-refractivity contribution in [3.8, 4) is 5.75 Å². The molecule has 0 spiro atoms. The normalized spacial score (nSPS) is 20.5. The Hall–Kier alpha value is -0.730. The van der Waals surface area contributed by atoms with Crippen molar-refractivity contribution >= 4 is 12.4 Å². The molecule has 0 radical (unpaired) electrons. The quantitative estimate of drug-likeness (QED) is 0.750. The molecule has 78 valence electrons. The van der Waals surface area contributed by atoms with E-state index in [1.807, 2.05) is 19.1 Å². The summed E-state index contributed by atoms with van der Waals surface area (Å²) in [5, 5.41) is 12.9. The van der Waals surface area contributed by atoms with Crippen molar-refractivity contribution < 1.29 is 5.11 Å². The van der Waals surface area contributed by atoms with E-state index in [9.17, 15) is 5.11 Å². The van der Waals surface area contributed by atoms with E-state index in [0.717, 1.165) is 18.7 Å². The molecule has 0 aliphatic carbocycles. The summed E-state index contributed by atoms with van der Waals surface area (Å²) in [4.78, 5) is 0. The molecule has 1 fully saturated rings. The van der Waals surface area contributed by atoms with Gasteiger partial charge in [0.1, 0.15) is 5.75 Å². The minimum atomic E-state index is 0. The minimum Gasteiger partial charge on any atom is -0.508 e. The third-order valence-electron chi connectivity index (χ3n) is 2.76. The van der Waals surface area contributed by atoms with Crippen LogP contribution in [0.5, 0.6) is 5.75 Å². The van der Waals surface area contributed by atoms with E-state index in [0.29, 0.717) is 11.7 Å². The first-order valence-corrected chi connectivity index (χ1v) is 4.77. The average Bonchev–Trinajstić information content (AvgIpc) is 2.62. The molecule has 2 rings (SSSR count). The summed E-state index contributed by atoms with van der Waals surface area (Å²) in [6, 6.07) is 6.00. The first-order chi connectivity index (χ1) is 6.27. The van der Waals surface area contributed by atoms with Crippen molar-refractivity contribution in [3.63, 3.8) is 0 Å². The zero-order valence-electron chi connectivity index (χ0n) is 8.29. The molecule has 0 bridgehead atoms. The lowest BCUT2D eigenvalue weighted by Crippen LogP contribution is -2.07. The van der Waals surface area contributed by atoms with Crippen LogP contribution in [0.3, 0.4) is 0 Å². The van der Waals surface area contributed by atoms with E-state index in [-0.39, 0.29) is 12.4 Å². The number of phenols is 1. The molecule has 2 nitrogen and oxygen atoms in total. The van der Waals surface area contributed by atoms with Crippen LogP contribution in [0.15, 0.2) is 18.2 Å². The SMILES string of the molecule is Cc1ccc(C2CCNC2)cc1O.Cl. The fraction of sp³-hybridized carbons (Fsp3) is 0.455. The summed E-state index contributed by atoms with van der Waals surface area (Å²) in [6.07, 6.45) is 1.18. The summed E-state index contributed by atoms with van der Waals surface area (Å²) in [6.45, 7) is 4.06. The van der Waals surface area contributed by atoms with Crippen molar-refractivity contribution in [3.05, 3.63) is 29.3 Å². The first-order valence-electron chi connectivity index (χ1n) is 4.77. The second-order valence-electron chi connectivity index (χ2n) is 3.74. The number of halogens is 1. The van der Waals surface area contributed by atoms with Crippen LogP contribution in [0.1, 0.15) is 23.5 Å². The fourth-order valence-corrected chi connectivity index (χ4v) is 1.82. The van der Waals surface area contributed by atoms with E-state index in [1.165, 1.54) is 12.0 Å². The summed E-state index contributed by atoms with van der Waals surface area (Å²) in [7, 11) is 0. The maximum absolute atomic E-state index is 9.54. The molecule has 1 aliphatic rings. The maximum Gasteiger partial charge on any atom is 0.118 e. The molecule has 0 aromatic heterocycles. The Bertz CT molecular complexity index is 308. The fourth-order valence-electron chi connectivity index (χ4n) is 1.82. The van der Waals surface area contributed by atoms with Crippen molar-refractivity contribution in [2.45, 2.75) is 19.3 Å². The largest absolute Gasteiger partial charge is 0.508 e. The number of hydrogen-bond donors (Lipinski definition) is 2. The number of aromatic hydroxyl groups is 1. The molecule has 0 saturated carbocycles. The van der Waals surface area contributed by atoms with Gasteiger partial charge in [-0.05, 0) is 43.0 Å². The molecule has 1 unspecified atom stereocenters. The molecule has 1 saturated heterocycles. The van der Waals surface area contributed by atoms with Crippen LogP contribution in [0.2, 0.25) is 0 Å². The Balaban J connectivity index is 0.000000980. The molecule has 0 amide bonds. The predicted molar refractivity (Wildman–Crippen MR) is 60.3 cm³/mol. The van der Waals surface area contributed by atoms with E-state index < -0.39 is 0 Å². The summed E-state index contributed by atoms with van der Waals surface area (Å²) >= 11 is 0. The lowest BCUT2D eigenvalue weighted by Gasteiger charge is -2.09. The Morgan fingerprint density at radius 3 is 2.79 bits per heavy atom. The molecule has 1 atom stereocenters. The van der Waals surface area contributed by atoms with Gasteiger partial charge in [0, 0.05) is 6.54 Å². The Morgan fingerprint density at radius 2 is 2.21 bits per heavy atom. The average molecular weight is 214 g/mol. The highest BCUT2D eigenvalue weighted by atomic mass is 35.5. The highest BCUT2D eigenvalue weighted by molar-refractivity contribution is 5.85. The molecule has 1 aromatic carbocycles. The van der Waals surface area contributed by atoms with Gasteiger partial charge in [0.25, 0.3) is 0 Å². The lowest BCUT2D eigenvalue weighted by molar-refractivity contribution is 0.469. The Morgan fingerprint density at radius 1 is 1.43 bits per heavy atom. The highest BCUT2D eigenvalue weighted by Gasteiger charge is 2.16. The van der Waals surface area contributed by atoms with Crippen LogP contribution in [0, 0.1) is 6.92 Å². The number of nitrogens with one attached hydrogen (secondary N) is 1. The van der Waals surface area contributed by atoms with Gasteiger partial charge in [-0.3, -0.25) is 0 Å². The molecule has 3 heteroatoms. The number of hydrogen-bond acceptors (Lipinski definition) is 2. The Labute approximate surface area is 90.7 Å². The van der Waals surface area contributed by atoms with Crippen molar-refractivity contribution in [1.82, 2.24) is 5.32 Å². The monoisotopic (exact) mass is 213 g/mol. The van der Waals surface area contributed by atoms with E-state index in [2.05, 4.69) is 11.4 Å². The molecular formula is C11H16ClNO. The van der Waals surface area contributed by atoms with Gasteiger partial charge >= 0.3 is 0 Å².